The molecule has 19 heavy (non-hydrogen) atoms. The lowest BCUT2D eigenvalue weighted by Gasteiger charge is -2.20. The summed E-state index contributed by atoms with van der Waals surface area (Å²) in [6, 6.07) is 5.10. The molecule has 0 radical (unpaired) electrons. The Bertz CT molecular complexity index is 646. The van der Waals surface area contributed by atoms with Crippen molar-refractivity contribution in [3.63, 3.8) is 0 Å². The van der Waals surface area contributed by atoms with Gasteiger partial charge < -0.3 is 0 Å². The van der Waals surface area contributed by atoms with E-state index in [1.165, 1.54) is 4.31 Å². The van der Waals surface area contributed by atoms with Crippen LogP contribution >= 0.6 is 11.7 Å². The van der Waals surface area contributed by atoms with Crippen molar-refractivity contribution in [3.05, 3.63) is 18.2 Å². The summed E-state index contributed by atoms with van der Waals surface area (Å²) in [6.45, 7) is 5.01. The summed E-state index contributed by atoms with van der Waals surface area (Å²) in [7, 11) is -3.48. The Morgan fingerprint density at radius 1 is 1.16 bits per heavy atom. The maximum atomic E-state index is 12.7. The van der Waals surface area contributed by atoms with Gasteiger partial charge in [0.25, 0.3) is 0 Å². The van der Waals surface area contributed by atoms with E-state index in [-0.39, 0.29) is 4.90 Å². The molecule has 0 atom stereocenters. The molecule has 0 N–H and O–H groups in total. The fourth-order valence-corrected chi connectivity index (χ4v) is 4.36. The number of sulfonamides is 1. The van der Waals surface area contributed by atoms with E-state index in [2.05, 4.69) is 8.75 Å². The maximum Gasteiger partial charge on any atom is 0.245 e. The van der Waals surface area contributed by atoms with Gasteiger partial charge in [-0.05, 0) is 25.0 Å². The second kappa shape index (κ2) is 5.94. The fraction of sp³-hybridized carbons (Fsp3) is 0.500. The summed E-state index contributed by atoms with van der Waals surface area (Å²) in [5, 5.41) is 0. The van der Waals surface area contributed by atoms with E-state index >= 15 is 0 Å². The van der Waals surface area contributed by atoms with Crippen LogP contribution in [0.15, 0.2) is 23.1 Å². The van der Waals surface area contributed by atoms with Crippen molar-refractivity contribution in [2.45, 2.75) is 31.6 Å². The van der Waals surface area contributed by atoms with Gasteiger partial charge in [0, 0.05) is 13.1 Å². The molecule has 1 aromatic carbocycles. The quantitative estimate of drug-likeness (QED) is 0.822. The van der Waals surface area contributed by atoms with Crippen molar-refractivity contribution in [1.29, 1.82) is 0 Å². The van der Waals surface area contributed by atoms with Gasteiger partial charge >= 0.3 is 0 Å². The second-order valence-electron chi connectivity index (χ2n) is 4.29. The smallest absolute Gasteiger partial charge is 0.207 e. The van der Waals surface area contributed by atoms with E-state index in [1.54, 1.807) is 18.2 Å². The Balaban J connectivity index is 2.50. The summed E-state index contributed by atoms with van der Waals surface area (Å²) in [4.78, 5) is 0.264. The van der Waals surface area contributed by atoms with E-state index in [1.807, 2.05) is 13.8 Å². The van der Waals surface area contributed by atoms with Crippen LogP contribution in [0.5, 0.6) is 0 Å². The molecule has 0 saturated carbocycles. The van der Waals surface area contributed by atoms with Crippen LogP contribution in [-0.2, 0) is 10.0 Å². The van der Waals surface area contributed by atoms with Crippen molar-refractivity contribution < 1.29 is 8.42 Å². The molecule has 0 aliphatic heterocycles. The molecule has 0 aliphatic rings. The average Bonchev–Trinajstić information content (AvgIpc) is 2.86. The lowest BCUT2D eigenvalue weighted by atomic mass is 10.3. The van der Waals surface area contributed by atoms with Gasteiger partial charge in [0.05, 0.1) is 11.7 Å². The topological polar surface area (TPSA) is 63.2 Å². The van der Waals surface area contributed by atoms with Gasteiger partial charge in [-0.1, -0.05) is 19.9 Å². The molecule has 0 spiro atoms. The molecule has 104 valence electrons. The highest BCUT2D eigenvalue weighted by Gasteiger charge is 2.26. The summed E-state index contributed by atoms with van der Waals surface area (Å²) < 4.78 is 35.1. The van der Waals surface area contributed by atoms with Crippen LogP contribution in [-0.4, -0.2) is 34.6 Å². The maximum absolute atomic E-state index is 12.7. The van der Waals surface area contributed by atoms with E-state index < -0.39 is 10.0 Å². The fourth-order valence-electron chi connectivity index (χ4n) is 1.98. The third-order valence-electron chi connectivity index (χ3n) is 2.81. The van der Waals surface area contributed by atoms with Crippen molar-refractivity contribution in [2.24, 2.45) is 0 Å². The Morgan fingerprint density at radius 2 is 1.84 bits per heavy atom. The Kier molecular flexibility index (Phi) is 4.49. The molecular weight excluding hydrogens is 282 g/mol. The standard InChI is InChI=1S/C12H17N3O2S2/c1-3-8-15(9-4-2)19(16,17)11-7-5-6-10-12(11)14-18-13-10/h5-7H,3-4,8-9H2,1-2H3. The van der Waals surface area contributed by atoms with Crippen molar-refractivity contribution >= 4 is 32.8 Å². The van der Waals surface area contributed by atoms with Crippen LogP contribution in [0.3, 0.4) is 0 Å². The normalized spacial score (nSPS) is 12.4. The molecule has 7 heteroatoms. The number of benzene rings is 1. The Hall–Kier alpha value is -1.05. The van der Waals surface area contributed by atoms with Gasteiger partial charge in [-0.15, -0.1) is 0 Å². The minimum Gasteiger partial charge on any atom is -0.207 e. The van der Waals surface area contributed by atoms with E-state index in [0.717, 1.165) is 24.6 Å². The van der Waals surface area contributed by atoms with E-state index in [9.17, 15) is 8.42 Å². The first-order valence-corrected chi connectivity index (χ1v) is 8.49. The monoisotopic (exact) mass is 299 g/mol. The third-order valence-corrected chi connectivity index (χ3v) is 5.29. The first kappa shape index (κ1) is 14.4. The minimum atomic E-state index is -3.48. The average molecular weight is 299 g/mol. The van der Waals surface area contributed by atoms with Crippen LogP contribution in [0.1, 0.15) is 26.7 Å². The molecule has 1 aromatic heterocycles. The van der Waals surface area contributed by atoms with Crippen LogP contribution in [0.4, 0.5) is 0 Å². The highest BCUT2D eigenvalue weighted by molar-refractivity contribution is 7.89. The largest absolute Gasteiger partial charge is 0.245 e. The summed E-state index contributed by atoms with van der Waals surface area (Å²) in [5.41, 5.74) is 1.11. The van der Waals surface area contributed by atoms with Crippen LogP contribution in [0, 0.1) is 0 Å². The van der Waals surface area contributed by atoms with Gasteiger partial charge in [0.1, 0.15) is 15.9 Å². The van der Waals surface area contributed by atoms with E-state index in [4.69, 9.17) is 0 Å². The first-order valence-electron chi connectivity index (χ1n) is 6.32. The summed E-state index contributed by atoms with van der Waals surface area (Å²) in [5.74, 6) is 0. The lowest BCUT2D eigenvalue weighted by Crippen LogP contribution is -2.32. The zero-order chi connectivity index (χ0) is 13.9. The number of hydrogen-bond acceptors (Lipinski definition) is 5. The number of rotatable bonds is 6. The van der Waals surface area contributed by atoms with Crippen LogP contribution in [0.25, 0.3) is 11.0 Å². The second-order valence-corrected chi connectivity index (χ2v) is 6.73. The molecule has 0 amide bonds. The van der Waals surface area contributed by atoms with Gasteiger partial charge in [-0.25, -0.2) is 8.42 Å². The van der Waals surface area contributed by atoms with Crippen molar-refractivity contribution in [3.8, 4) is 0 Å². The Morgan fingerprint density at radius 3 is 2.47 bits per heavy atom. The molecular formula is C12H17N3O2S2. The summed E-state index contributed by atoms with van der Waals surface area (Å²) in [6.07, 6.45) is 1.59. The highest BCUT2D eigenvalue weighted by Crippen LogP contribution is 2.24. The van der Waals surface area contributed by atoms with Crippen LogP contribution < -0.4 is 0 Å². The van der Waals surface area contributed by atoms with Crippen molar-refractivity contribution in [1.82, 2.24) is 13.1 Å². The molecule has 0 fully saturated rings. The molecule has 2 rings (SSSR count). The molecule has 1 heterocycles. The molecule has 2 aromatic rings. The minimum absolute atomic E-state index is 0.264. The lowest BCUT2D eigenvalue weighted by molar-refractivity contribution is 0.410. The first-order chi connectivity index (χ1) is 9.11. The van der Waals surface area contributed by atoms with Crippen molar-refractivity contribution in [2.75, 3.05) is 13.1 Å². The number of nitrogens with zero attached hydrogens (tertiary/aromatic N) is 3. The number of fused-ring (bicyclic) bond motifs is 1. The van der Waals surface area contributed by atoms with Gasteiger partial charge in [-0.2, -0.15) is 13.1 Å². The molecule has 0 bridgehead atoms. The number of aromatic nitrogens is 2. The molecule has 0 saturated heterocycles. The molecule has 0 unspecified atom stereocenters. The number of hydrogen-bond donors (Lipinski definition) is 0. The predicted octanol–water partition coefficient (Wildman–Crippen LogP) is 2.50. The van der Waals surface area contributed by atoms with Gasteiger partial charge in [0.2, 0.25) is 10.0 Å². The van der Waals surface area contributed by atoms with Gasteiger partial charge in [-0.3, -0.25) is 0 Å². The van der Waals surface area contributed by atoms with Gasteiger partial charge in [0.15, 0.2) is 0 Å². The third kappa shape index (κ3) is 2.77. The Labute approximate surface area is 117 Å². The molecule has 5 nitrogen and oxygen atoms in total. The van der Waals surface area contributed by atoms with Crippen LogP contribution in [0.2, 0.25) is 0 Å². The zero-order valence-corrected chi connectivity index (χ0v) is 12.7. The van der Waals surface area contributed by atoms with E-state index in [0.29, 0.717) is 24.1 Å². The molecule has 0 aliphatic carbocycles. The SMILES string of the molecule is CCCN(CCC)S(=O)(=O)c1cccc2nsnc12. The predicted molar refractivity (Wildman–Crippen MR) is 76.8 cm³/mol. The zero-order valence-electron chi connectivity index (χ0n) is 11.0. The summed E-state index contributed by atoms with van der Waals surface area (Å²) >= 11 is 1.04. The highest BCUT2D eigenvalue weighted by atomic mass is 32.2.